The van der Waals surface area contributed by atoms with E-state index in [1.54, 1.807) is 12.1 Å². The molecule has 0 unspecified atom stereocenters. The van der Waals surface area contributed by atoms with E-state index in [2.05, 4.69) is 0 Å². The van der Waals surface area contributed by atoms with Crippen molar-refractivity contribution in [2.75, 3.05) is 54.4 Å². The molecule has 2 aliphatic rings. The fourth-order valence-electron chi connectivity index (χ4n) is 5.62. The van der Waals surface area contributed by atoms with Gasteiger partial charge in [-0.1, -0.05) is 36.4 Å². The Morgan fingerprint density at radius 1 is 0.524 bits per heavy atom. The topological polar surface area (TPSA) is 81.2 Å². The lowest BCUT2D eigenvalue weighted by Crippen LogP contribution is -2.43. The SMILES string of the molecule is Cc1cc2c3c(cccc3c1)C(=O)N(CCN(C)C)C2=O.Cc1cc2c3c(cccc3c1)C(=O)N(CCN(C)C)C2=O. The molecule has 0 atom stereocenters. The number of imide groups is 2. The summed E-state index contributed by atoms with van der Waals surface area (Å²) in [6, 6.07) is 19.0. The second kappa shape index (κ2) is 11.5. The summed E-state index contributed by atoms with van der Waals surface area (Å²) >= 11 is 0. The Morgan fingerprint density at radius 2 is 0.881 bits per heavy atom. The Balaban J connectivity index is 0.000000168. The highest BCUT2D eigenvalue weighted by atomic mass is 16.2. The summed E-state index contributed by atoms with van der Waals surface area (Å²) < 4.78 is 0. The van der Waals surface area contributed by atoms with E-state index in [4.69, 9.17) is 0 Å². The Labute approximate surface area is 246 Å². The second-order valence-electron chi connectivity index (χ2n) is 11.6. The molecule has 216 valence electrons. The maximum absolute atomic E-state index is 12.7. The van der Waals surface area contributed by atoms with E-state index in [-0.39, 0.29) is 23.6 Å². The Morgan fingerprint density at radius 3 is 1.24 bits per heavy atom. The highest BCUT2D eigenvalue weighted by Gasteiger charge is 2.33. The molecule has 0 radical (unpaired) electrons. The number of aryl methyl sites for hydroxylation is 2. The quantitative estimate of drug-likeness (QED) is 0.318. The summed E-state index contributed by atoms with van der Waals surface area (Å²) in [4.78, 5) is 57.2. The van der Waals surface area contributed by atoms with Gasteiger partial charge in [0.05, 0.1) is 0 Å². The fourth-order valence-corrected chi connectivity index (χ4v) is 5.62. The molecule has 0 bridgehead atoms. The summed E-state index contributed by atoms with van der Waals surface area (Å²) in [6.45, 7) is 6.08. The third-order valence-electron chi connectivity index (χ3n) is 7.69. The minimum absolute atomic E-state index is 0.186. The maximum Gasteiger partial charge on any atom is 0.261 e. The molecule has 8 heteroatoms. The van der Waals surface area contributed by atoms with Crippen LogP contribution in [0.5, 0.6) is 0 Å². The molecular formula is C34H36N4O4. The zero-order valence-electron chi connectivity index (χ0n) is 25.0. The van der Waals surface area contributed by atoms with E-state index < -0.39 is 0 Å². The molecule has 0 fully saturated rings. The average molecular weight is 565 g/mol. The number of carbonyl (C=O) groups excluding carboxylic acids is 4. The molecule has 0 saturated heterocycles. The van der Waals surface area contributed by atoms with Crippen LogP contribution in [0.3, 0.4) is 0 Å². The fraction of sp³-hybridized carbons (Fsp3) is 0.294. The molecule has 4 aromatic carbocycles. The molecule has 4 aromatic rings. The predicted molar refractivity (Wildman–Crippen MR) is 165 cm³/mol. The molecule has 2 heterocycles. The lowest BCUT2D eigenvalue weighted by atomic mass is 9.92. The second-order valence-corrected chi connectivity index (χ2v) is 11.6. The van der Waals surface area contributed by atoms with E-state index >= 15 is 0 Å². The third kappa shape index (κ3) is 5.31. The van der Waals surface area contributed by atoms with Crippen LogP contribution in [0, 0.1) is 13.8 Å². The van der Waals surface area contributed by atoms with Crippen molar-refractivity contribution in [3.05, 3.63) is 94.0 Å². The third-order valence-corrected chi connectivity index (χ3v) is 7.69. The van der Waals surface area contributed by atoms with E-state index in [0.717, 1.165) is 32.7 Å². The molecule has 0 aliphatic carbocycles. The predicted octanol–water partition coefficient (Wildman–Crippen LogP) is 4.61. The van der Waals surface area contributed by atoms with E-state index in [9.17, 15) is 19.2 Å². The normalized spacial score (nSPS) is 14.4. The van der Waals surface area contributed by atoms with Gasteiger partial charge in [0.15, 0.2) is 0 Å². The van der Waals surface area contributed by atoms with Crippen LogP contribution in [0.1, 0.15) is 52.6 Å². The van der Waals surface area contributed by atoms with Crippen molar-refractivity contribution in [2.24, 2.45) is 0 Å². The van der Waals surface area contributed by atoms with E-state index in [1.165, 1.54) is 9.80 Å². The van der Waals surface area contributed by atoms with Crippen LogP contribution in [-0.4, -0.2) is 97.6 Å². The Hall–Kier alpha value is -4.40. The van der Waals surface area contributed by atoms with Crippen molar-refractivity contribution in [3.63, 3.8) is 0 Å². The van der Waals surface area contributed by atoms with Crippen LogP contribution in [-0.2, 0) is 0 Å². The molecule has 0 aromatic heterocycles. The van der Waals surface area contributed by atoms with Crippen LogP contribution in [0.2, 0.25) is 0 Å². The van der Waals surface area contributed by atoms with Gasteiger partial charge < -0.3 is 9.80 Å². The van der Waals surface area contributed by atoms with Gasteiger partial charge in [0.1, 0.15) is 0 Å². The maximum atomic E-state index is 12.7. The number of amides is 4. The van der Waals surface area contributed by atoms with Gasteiger partial charge >= 0.3 is 0 Å². The summed E-state index contributed by atoms with van der Waals surface area (Å²) in [6.07, 6.45) is 0. The highest BCUT2D eigenvalue weighted by molar-refractivity contribution is 6.26. The largest absolute Gasteiger partial charge is 0.308 e. The Bertz CT molecular complexity index is 1630. The van der Waals surface area contributed by atoms with Gasteiger partial charge in [-0.2, -0.15) is 0 Å². The summed E-state index contributed by atoms with van der Waals surface area (Å²) in [5.41, 5.74) is 4.59. The van der Waals surface area contributed by atoms with Crippen LogP contribution in [0.15, 0.2) is 60.7 Å². The van der Waals surface area contributed by atoms with Crippen molar-refractivity contribution < 1.29 is 19.2 Å². The molecular weight excluding hydrogens is 528 g/mol. The molecule has 0 N–H and O–H groups in total. The molecule has 0 saturated carbocycles. The van der Waals surface area contributed by atoms with E-state index in [1.807, 2.05) is 100 Å². The van der Waals surface area contributed by atoms with Gasteiger partial charge in [0, 0.05) is 59.2 Å². The highest BCUT2D eigenvalue weighted by Crippen LogP contribution is 2.32. The van der Waals surface area contributed by atoms with Crippen molar-refractivity contribution in [3.8, 4) is 0 Å². The van der Waals surface area contributed by atoms with Crippen LogP contribution in [0.25, 0.3) is 21.5 Å². The van der Waals surface area contributed by atoms with E-state index in [0.29, 0.717) is 48.4 Å². The molecule has 42 heavy (non-hydrogen) atoms. The molecule has 0 spiro atoms. The number of hydrogen-bond acceptors (Lipinski definition) is 6. The average Bonchev–Trinajstić information content (AvgIpc) is 2.94. The van der Waals surface area contributed by atoms with Gasteiger partial charge in [-0.15, -0.1) is 0 Å². The first-order chi connectivity index (χ1) is 20.0. The smallest absolute Gasteiger partial charge is 0.261 e. The van der Waals surface area contributed by atoms with Crippen molar-refractivity contribution in [2.45, 2.75) is 13.8 Å². The molecule has 2 aliphatic heterocycles. The van der Waals surface area contributed by atoms with Crippen LogP contribution < -0.4 is 0 Å². The van der Waals surface area contributed by atoms with Gasteiger partial charge in [-0.25, -0.2) is 0 Å². The lowest BCUT2D eigenvalue weighted by Gasteiger charge is -2.28. The summed E-state index contributed by atoms with van der Waals surface area (Å²) in [7, 11) is 7.71. The van der Waals surface area contributed by atoms with Crippen LogP contribution >= 0.6 is 0 Å². The monoisotopic (exact) mass is 564 g/mol. The van der Waals surface area contributed by atoms with Crippen molar-refractivity contribution in [1.29, 1.82) is 0 Å². The van der Waals surface area contributed by atoms with Gasteiger partial charge in [-0.3, -0.25) is 29.0 Å². The minimum atomic E-state index is -0.191. The lowest BCUT2D eigenvalue weighted by molar-refractivity contribution is 0.0585. The first-order valence-corrected chi connectivity index (χ1v) is 14.1. The number of benzene rings is 4. The summed E-state index contributed by atoms with van der Waals surface area (Å²) in [5, 5.41) is 3.49. The molecule has 4 amide bonds. The first kappa shape index (κ1) is 29.1. The number of likely N-dealkylation sites (N-methyl/N-ethyl adjacent to an activating group) is 2. The molecule has 8 nitrogen and oxygen atoms in total. The zero-order chi connectivity index (χ0) is 30.3. The number of carbonyl (C=O) groups is 4. The first-order valence-electron chi connectivity index (χ1n) is 14.1. The van der Waals surface area contributed by atoms with Crippen LogP contribution in [0.4, 0.5) is 0 Å². The zero-order valence-corrected chi connectivity index (χ0v) is 25.0. The standard InChI is InChI=1S/2C17H18N2O2/c2*1-11-9-12-5-4-6-13-15(12)14(10-11)17(21)19(16(13)20)8-7-18(2)3/h2*4-6,9-10H,7-8H2,1-3H3. The van der Waals surface area contributed by atoms with Gasteiger partial charge in [-0.05, 0) is 88.2 Å². The number of nitrogens with zero attached hydrogens (tertiary/aromatic N) is 4. The summed E-state index contributed by atoms with van der Waals surface area (Å²) in [5.74, 6) is -0.754. The van der Waals surface area contributed by atoms with Crippen molar-refractivity contribution in [1.82, 2.24) is 19.6 Å². The molecule has 6 rings (SSSR count). The minimum Gasteiger partial charge on any atom is -0.308 e. The van der Waals surface area contributed by atoms with Gasteiger partial charge in [0.25, 0.3) is 23.6 Å². The number of hydrogen-bond donors (Lipinski definition) is 0. The van der Waals surface area contributed by atoms with Gasteiger partial charge in [0.2, 0.25) is 0 Å². The number of rotatable bonds is 6. The Kier molecular flexibility index (Phi) is 7.95. The van der Waals surface area contributed by atoms with Crippen molar-refractivity contribution >= 4 is 45.2 Å².